The van der Waals surface area contributed by atoms with Crippen molar-refractivity contribution < 1.29 is 14.1 Å². The predicted octanol–water partition coefficient (Wildman–Crippen LogP) is 3.04. The van der Waals surface area contributed by atoms with Gasteiger partial charge in [-0.3, -0.25) is 14.9 Å². The molecule has 104 valence electrons. The third kappa shape index (κ3) is 4.31. The summed E-state index contributed by atoms with van der Waals surface area (Å²) in [6, 6.07) is 2.83. The van der Waals surface area contributed by atoms with E-state index in [-0.39, 0.29) is 17.3 Å². The molecule has 1 aromatic rings. The Labute approximate surface area is 111 Å². The largest absolute Gasteiger partial charge is 0.349 e. The number of benzene rings is 1. The molecule has 0 saturated heterocycles. The molecule has 6 heteroatoms. The number of amides is 1. The summed E-state index contributed by atoms with van der Waals surface area (Å²) in [4.78, 5) is 21.8. The van der Waals surface area contributed by atoms with Crippen LogP contribution in [0.2, 0.25) is 0 Å². The van der Waals surface area contributed by atoms with Crippen LogP contribution in [0.15, 0.2) is 18.2 Å². The average Bonchev–Trinajstić information content (AvgIpc) is 2.36. The summed E-state index contributed by atoms with van der Waals surface area (Å²) < 4.78 is 13.5. The number of nitrogens with zero attached hydrogens (tertiary/aromatic N) is 1. The van der Waals surface area contributed by atoms with Crippen molar-refractivity contribution >= 4 is 11.6 Å². The molecule has 0 heterocycles. The maximum Gasteiger partial charge on any atom is 0.270 e. The molecule has 0 bridgehead atoms. The van der Waals surface area contributed by atoms with Gasteiger partial charge in [0.15, 0.2) is 0 Å². The molecule has 0 aliphatic carbocycles. The standard InChI is InChI=1S/C13H17FN2O3/c1-3-4-5-9(2)15-13(17)11-8-10(16(18)19)6-7-12(11)14/h6-9H,3-5H2,1-2H3,(H,15,17). The summed E-state index contributed by atoms with van der Waals surface area (Å²) in [7, 11) is 0. The lowest BCUT2D eigenvalue weighted by Gasteiger charge is -2.13. The number of nitro benzene ring substituents is 1. The van der Waals surface area contributed by atoms with Gasteiger partial charge in [-0.2, -0.15) is 0 Å². The van der Waals surface area contributed by atoms with Crippen LogP contribution < -0.4 is 5.32 Å². The number of carbonyl (C=O) groups is 1. The van der Waals surface area contributed by atoms with Gasteiger partial charge in [-0.1, -0.05) is 19.8 Å². The maximum absolute atomic E-state index is 13.5. The van der Waals surface area contributed by atoms with Crippen LogP contribution in [0.5, 0.6) is 0 Å². The van der Waals surface area contributed by atoms with E-state index in [1.165, 1.54) is 0 Å². The predicted molar refractivity (Wildman–Crippen MR) is 69.5 cm³/mol. The summed E-state index contributed by atoms with van der Waals surface area (Å²) in [6.45, 7) is 3.86. The number of unbranched alkanes of at least 4 members (excludes halogenated alkanes) is 1. The highest BCUT2D eigenvalue weighted by molar-refractivity contribution is 5.95. The average molecular weight is 268 g/mol. The Balaban J connectivity index is 2.81. The van der Waals surface area contributed by atoms with Crippen molar-refractivity contribution in [3.63, 3.8) is 0 Å². The SMILES string of the molecule is CCCCC(C)NC(=O)c1cc([N+](=O)[O-])ccc1F. The van der Waals surface area contributed by atoms with Gasteiger partial charge in [0.1, 0.15) is 5.82 Å². The van der Waals surface area contributed by atoms with Crippen LogP contribution in [0.4, 0.5) is 10.1 Å². The van der Waals surface area contributed by atoms with Gasteiger partial charge >= 0.3 is 0 Å². The number of non-ortho nitro benzene ring substituents is 1. The Hall–Kier alpha value is -1.98. The number of rotatable bonds is 6. The van der Waals surface area contributed by atoms with E-state index in [4.69, 9.17) is 0 Å². The summed E-state index contributed by atoms with van der Waals surface area (Å²) >= 11 is 0. The number of halogens is 1. The minimum absolute atomic E-state index is 0.0916. The zero-order chi connectivity index (χ0) is 14.4. The van der Waals surface area contributed by atoms with E-state index < -0.39 is 16.6 Å². The highest BCUT2D eigenvalue weighted by atomic mass is 19.1. The van der Waals surface area contributed by atoms with E-state index in [0.717, 1.165) is 37.5 Å². The molecular formula is C13H17FN2O3. The number of nitro groups is 1. The van der Waals surface area contributed by atoms with Gasteiger partial charge in [0.2, 0.25) is 0 Å². The van der Waals surface area contributed by atoms with Crippen LogP contribution in [-0.4, -0.2) is 16.9 Å². The quantitative estimate of drug-likeness (QED) is 0.636. The Morgan fingerprint density at radius 1 is 1.53 bits per heavy atom. The monoisotopic (exact) mass is 268 g/mol. The Morgan fingerprint density at radius 2 is 2.21 bits per heavy atom. The first kappa shape index (κ1) is 15.1. The summed E-state index contributed by atoms with van der Waals surface area (Å²) in [5.41, 5.74) is -0.592. The smallest absolute Gasteiger partial charge is 0.270 e. The van der Waals surface area contributed by atoms with Crippen molar-refractivity contribution in [1.29, 1.82) is 0 Å². The van der Waals surface area contributed by atoms with Gasteiger partial charge in [-0.25, -0.2) is 4.39 Å². The van der Waals surface area contributed by atoms with Crippen LogP contribution in [0.3, 0.4) is 0 Å². The molecule has 1 aromatic carbocycles. The fourth-order valence-electron chi connectivity index (χ4n) is 1.68. The van der Waals surface area contributed by atoms with Gasteiger partial charge in [-0.15, -0.1) is 0 Å². The maximum atomic E-state index is 13.5. The molecule has 0 radical (unpaired) electrons. The normalized spacial score (nSPS) is 11.9. The van der Waals surface area contributed by atoms with Crippen molar-refractivity contribution in [2.45, 2.75) is 39.2 Å². The van der Waals surface area contributed by atoms with Crippen LogP contribution >= 0.6 is 0 Å². The second kappa shape index (κ2) is 6.82. The first-order valence-electron chi connectivity index (χ1n) is 6.20. The van der Waals surface area contributed by atoms with Gasteiger partial charge in [0, 0.05) is 18.2 Å². The second-order valence-electron chi connectivity index (χ2n) is 4.44. The van der Waals surface area contributed by atoms with Gasteiger partial charge in [0.25, 0.3) is 11.6 Å². The van der Waals surface area contributed by atoms with Crippen molar-refractivity contribution in [2.24, 2.45) is 0 Å². The lowest BCUT2D eigenvalue weighted by atomic mass is 10.1. The van der Waals surface area contributed by atoms with E-state index in [1.807, 2.05) is 13.8 Å². The number of carbonyl (C=O) groups excluding carboxylic acids is 1. The molecule has 1 atom stereocenters. The molecule has 1 N–H and O–H groups in total. The van der Waals surface area contributed by atoms with Crippen molar-refractivity contribution in [2.75, 3.05) is 0 Å². The third-order valence-corrected chi connectivity index (χ3v) is 2.77. The van der Waals surface area contributed by atoms with Crippen molar-refractivity contribution in [1.82, 2.24) is 5.32 Å². The molecule has 1 unspecified atom stereocenters. The molecule has 0 aromatic heterocycles. The van der Waals surface area contributed by atoms with E-state index >= 15 is 0 Å². The molecule has 0 saturated carbocycles. The molecule has 0 aliphatic rings. The summed E-state index contributed by atoms with van der Waals surface area (Å²) in [5.74, 6) is -1.38. The molecule has 5 nitrogen and oxygen atoms in total. The summed E-state index contributed by atoms with van der Waals surface area (Å²) in [5, 5.41) is 13.2. The minimum atomic E-state index is -0.759. The third-order valence-electron chi connectivity index (χ3n) is 2.77. The fourth-order valence-corrected chi connectivity index (χ4v) is 1.68. The molecule has 19 heavy (non-hydrogen) atoms. The highest BCUT2D eigenvalue weighted by Crippen LogP contribution is 2.17. The minimum Gasteiger partial charge on any atom is -0.349 e. The Kier molecular flexibility index (Phi) is 5.41. The zero-order valence-corrected chi connectivity index (χ0v) is 11.0. The van der Waals surface area contributed by atoms with E-state index in [9.17, 15) is 19.3 Å². The number of hydrogen-bond donors (Lipinski definition) is 1. The molecule has 1 rings (SSSR count). The zero-order valence-electron chi connectivity index (χ0n) is 11.0. The Bertz CT molecular complexity index is 477. The molecule has 0 fully saturated rings. The van der Waals surface area contributed by atoms with Gasteiger partial charge < -0.3 is 5.32 Å². The first-order valence-corrected chi connectivity index (χ1v) is 6.20. The number of nitrogens with one attached hydrogen (secondary N) is 1. The second-order valence-corrected chi connectivity index (χ2v) is 4.44. The van der Waals surface area contributed by atoms with Crippen LogP contribution in [0, 0.1) is 15.9 Å². The Morgan fingerprint density at radius 3 is 2.79 bits per heavy atom. The highest BCUT2D eigenvalue weighted by Gasteiger charge is 2.18. The van der Waals surface area contributed by atoms with Crippen LogP contribution in [-0.2, 0) is 0 Å². The van der Waals surface area contributed by atoms with E-state index in [2.05, 4.69) is 5.32 Å². The summed E-state index contributed by atoms with van der Waals surface area (Å²) in [6.07, 6.45) is 2.75. The first-order chi connectivity index (χ1) is 8.95. The van der Waals surface area contributed by atoms with Crippen LogP contribution in [0.1, 0.15) is 43.5 Å². The van der Waals surface area contributed by atoms with Crippen molar-refractivity contribution in [3.05, 3.63) is 39.7 Å². The topological polar surface area (TPSA) is 72.2 Å². The van der Waals surface area contributed by atoms with Crippen molar-refractivity contribution in [3.8, 4) is 0 Å². The van der Waals surface area contributed by atoms with E-state index in [0.29, 0.717) is 0 Å². The molecule has 1 amide bonds. The van der Waals surface area contributed by atoms with Crippen LogP contribution in [0.25, 0.3) is 0 Å². The van der Waals surface area contributed by atoms with Gasteiger partial charge in [-0.05, 0) is 19.4 Å². The lowest BCUT2D eigenvalue weighted by molar-refractivity contribution is -0.384. The molecule has 0 aliphatic heterocycles. The fraction of sp³-hybridized carbons (Fsp3) is 0.462. The van der Waals surface area contributed by atoms with Gasteiger partial charge in [0.05, 0.1) is 10.5 Å². The molecular weight excluding hydrogens is 251 g/mol. The molecule has 0 spiro atoms. The van der Waals surface area contributed by atoms with E-state index in [1.54, 1.807) is 0 Å². The lowest BCUT2D eigenvalue weighted by Crippen LogP contribution is -2.33. The number of hydrogen-bond acceptors (Lipinski definition) is 3.